The Bertz CT molecular complexity index is 1140. The first-order valence-corrected chi connectivity index (χ1v) is 9.05. The molecular formula is C21H16ClFN4O. The molecule has 2 aromatic carbocycles. The van der Waals surface area contributed by atoms with Crippen molar-refractivity contribution in [3.63, 3.8) is 0 Å². The van der Waals surface area contributed by atoms with E-state index in [-0.39, 0.29) is 16.8 Å². The summed E-state index contributed by atoms with van der Waals surface area (Å²) in [5.41, 5.74) is 2.72. The van der Waals surface area contributed by atoms with Crippen molar-refractivity contribution in [1.29, 1.82) is 0 Å². The topological polar surface area (TPSA) is 59.8 Å². The van der Waals surface area contributed by atoms with Crippen molar-refractivity contribution in [2.45, 2.75) is 13.2 Å². The lowest BCUT2D eigenvalue weighted by molar-refractivity contribution is 0.102. The van der Waals surface area contributed by atoms with Crippen LogP contribution in [0.25, 0.3) is 10.9 Å². The minimum Gasteiger partial charge on any atom is -0.303 e. The predicted molar refractivity (Wildman–Crippen MR) is 107 cm³/mol. The number of anilines is 1. The van der Waals surface area contributed by atoms with Gasteiger partial charge in [0.2, 0.25) is 0 Å². The highest BCUT2D eigenvalue weighted by Gasteiger charge is 2.15. The molecule has 0 saturated heterocycles. The fourth-order valence-corrected chi connectivity index (χ4v) is 3.12. The summed E-state index contributed by atoms with van der Waals surface area (Å²) in [5.74, 6) is 0.0629. The van der Waals surface area contributed by atoms with Crippen LogP contribution in [0.3, 0.4) is 0 Å². The predicted octanol–water partition coefficient (Wildman–Crippen LogP) is 4.85. The Morgan fingerprint density at radius 2 is 1.75 bits per heavy atom. The van der Waals surface area contributed by atoms with Crippen LogP contribution in [0.5, 0.6) is 0 Å². The molecule has 5 nitrogen and oxygen atoms in total. The third-order valence-corrected chi connectivity index (χ3v) is 4.56. The van der Waals surface area contributed by atoms with Gasteiger partial charge in [0.15, 0.2) is 5.82 Å². The van der Waals surface area contributed by atoms with E-state index in [4.69, 9.17) is 11.6 Å². The zero-order chi connectivity index (χ0) is 19.5. The summed E-state index contributed by atoms with van der Waals surface area (Å²) in [5, 5.41) is 8.44. The summed E-state index contributed by atoms with van der Waals surface area (Å²) in [4.78, 5) is 16.6. The molecule has 4 rings (SSSR count). The minimum atomic E-state index is -0.487. The van der Waals surface area contributed by atoms with Crippen LogP contribution in [0.2, 0.25) is 5.15 Å². The summed E-state index contributed by atoms with van der Waals surface area (Å²) in [6.45, 7) is 0.0110. The van der Waals surface area contributed by atoms with Gasteiger partial charge >= 0.3 is 0 Å². The van der Waals surface area contributed by atoms with Gasteiger partial charge in [0.05, 0.1) is 12.1 Å². The quantitative estimate of drug-likeness (QED) is 0.492. The molecule has 0 saturated carbocycles. The normalized spacial score (nSPS) is 10.9. The van der Waals surface area contributed by atoms with Crippen LogP contribution in [-0.2, 0) is 13.2 Å². The van der Waals surface area contributed by atoms with Crippen molar-refractivity contribution in [3.05, 3.63) is 88.7 Å². The van der Waals surface area contributed by atoms with E-state index in [2.05, 4.69) is 15.4 Å². The second kappa shape index (κ2) is 7.78. The number of carbonyl (C=O) groups is 1. The summed E-state index contributed by atoms with van der Waals surface area (Å²) in [6, 6.07) is 19.8. The zero-order valence-electron chi connectivity index (χ0n) is 14.8. The molecule has 28 heavy (non-hydrogen) atoms. The van der Waals surface area contributed by atoms with E-state index in [1.807, 2.05) is 36.4 Å². The van der Waals surface area contributed by atoms with Crippen LogP contribution in [0.15, 0.2) is 66.7 Å². The van der Waals surface area contributed by atoms with Gasteiger partial charge in [0, 0.05) is 5.39 Å². The molecule has 0 spiro atoms. The number of carbonyl (C=O) groups excluding carboxylic acids is 1. The smallest absolute Gasteiger partial charge is 0.275 e. The maximum atomic E-state index is 12.7. The van der Waals surface area contributed by atoms with Gasteiger partial charge in [-0.3, -0.25) is 9.48 Å². The summed E-state index contributed by atoms with van der Waals surface area (Å²) in [7, 11) is 0. The van der Waals surface area contributed by atoms with Gasteiger partial charge in [0.1, 0.15) is 17.5 Å². The molecule has 0 fully saturated rings. The van der Waals surface area contributed by atoms with Gasteiger partial charge in [-0.15, -0.1) is 0 Å². The number of alkyl halides is 1. The SMILES string of the molecule is O=C(Nc1nn(Cc2ccc(CF)cc2)c2ccccc12)c1cccc(Cl)n1. The number of rotatable bonds is 5. The van der Waals surface area contributed by atoms with Crippen LogP contribution in [0.4, 0.5) is 10.2 Å². The Morgan fingerprint density at radius 3 is 2.50 bits per heavy atom. The van der Waals surface area contributed by atoms with Gasteiger partial charge in [-0.25, -0.2) is 9.37 Å². The van der Waals surface area contributed by atoms with Crippen molar-refractivity contribution >= 4 is 34.2 Å². The van der Waals surface area contributed by atoms with Crippen LogP contribution in [-0.4, -0.2) is 20.7 Å². The minimum absolute atomic E-state index is 0.216. The number of benzene rings is 2. The van der Waals surface area contributed by atoms with E-state index in [1.54, 1.807) is 35.0 Å². The highest BCUT2D eigenvalue weighted by molar-refractivity contribution is 6.29. The molecule has 1 N–H and O–H groups in total. The fraction of sp³-hybridized carbons (Fsp3) is 0.0952. The molecule has 0 aliphatic heterocycles. The van der Waals surface area contributed by atoms with E-state index >= 15 is 0 Å². The Kier molecular flexibility index (Phi) is 5.04. The molecule has 0 atom stereocenters. The van der Waals surface area contributed by atoms with Crippen molar-refractivity contribution < 1.29 is 9.18 Å². The molecule has 2 heterocycles. The van der Waals surface area contributed by atoms with Gasteiger partial charge in [-0.05, 0) is 35.4 Å². The van der Waals surface area contributed by atoms with Crippen LogP contribution >= 0.6 is 11.6 Å². The summed E-state index contributed by atoms with van der Waals surface area (Å²) in [6.07, 6.45) is 0. The van der Waals surface area contributed by atoms with Crippen molar-refractivity contribution in [3.8, 4) is 0 Å². The molecule has 1 amide bonds. The van der Waals surface area contributed by atoms with Crippen molar-refractivity contribution in [2.24, 2.45) is 0 Å². The highest BCUT2D eigenvalue weighted by Crippen LogP contribution is 2.24. The monoisotopic (exact) mass is 394 g/mol. The second-order valence-electron chi connectivity index (χ2n) is 6.27. The van der Waals surface area contributed by atoms with Crippen LogP contribution in [0, 0.1) is 0 Å². The molecule has 0 radical (unpaired) electrons. The lowest BCUT2D eigenvalue weighted by Crippen LogP contribution is -2.14. The van der Waals surface area contributed by atoms with E-state index < -0.39 is 6.67 Å². The Morgan fingerprint density at radius 1 is 1.00 bits per heavy atom. The molecule has 0 bridgehead atoms. The fourth-order valence-electron chi connectivity index (χ4n) is 2.95. The van der Waals surface area contributed by atoms with Crippen molar-refractivity contribution in [2.75, 3.05) is 5.32 Å². The molecule has 4 aromatic rings. The number of amides is 1. The summed E-state index contributed by atoms with van der Waals surface area (Å²) >= 11 is 5.87. The molecule has 0 unspecified atom stereocenters. The van der Waals surface area contributed by atoms with E-state index in [0.717, 1.165) is 16.5 Å². The van der Waals surface area contributed by atoms with Crippen molar-refractivity contribution in [1.82, 2.24) is 14.8 Å². The third kappa shape index (κ3) is 3.73. The van der Waals surface area contributed by atoms with E-state index in [0.29, 0.717) is 17.9 Å². The first-order chi connectivity index (χ1) is 13.6. The van der Waals surface area contributed by atoms with E-state index in [9.17, 15) is 9.18 Å². The number of nitrogens with one attached hydrogen (secondary N) is 1. The molecular weight excluding hydrogens is 379 g/mol. The number of nitrogens with zero attached hydrogens (tertiary/aromatic N) is 3. The number of pyridine rings is 1. The first-order valence-electron chi connectivity index (χ1n) is 8.67. The largest absolute Gasteiger partial charge is 0.303 e. The zero-order valence-corrected chi connectivity index (χ0v) is 15.5. The number of halogens is 2. The van der Waals surface area contributed by atoms with Crippen LogP contribution in [0.1, 0.15) is 21.6 Å². The highest BCUT2D eigenvalue weighted by atomic mass is 35.5. The van der Waals surface area contributed by atoms with Gasteiger partial charge < -0.3 is 5.32 Å². The number of fused-ring (bicyclic) bond motifs is 1. The van der Waals surface area contributed by atoms with E-state index in [1.165, 1.54) is 0 Å². The standard InChI is InChI=1S/C21H16ClFN4O/c22-19-7-3-5-17(24-19)21(28)25-20-16-4-1-2-6-18(16)27(26-20)13-15-10-8-14(12-23)9-11-15/h1-11H,12-13H2,(H,25,26,28). The Labute approximate surface area is 165 Å². The van der Waals surface area contributed by atoms with Gasteiger partial charge in [-0.2, -0.15) is 5.10 Å². The molecule has 2 aromatic heterocycles. The summed E-state index contributed by atoms with van der Waals surface area (Å²) < 4.78 is 14.5. The molecule has 7 heteroatoms. The average Bonchev–Trinajstić information content (AvgIpc) is 3.06. The van der Waals surface area contributed by atoms with Gasteiger partial charge in [-0.1, -0.05) is 54.1 Å². The lowest BCUT2D eigenvalue weighted by atomic mass is 10.1. The second-order valence-corrected chi connectivity index (χ2v) is 6.66. The maximum Gasteiger partial charge on any atom is 0.275 e. The Hall–Kier alpha value is -3.25. The number of para-hydroxylation sites is 1. The molecule has 0 aliphatic carbocycles. The maximum absolute atomic E-state index is 12.7. The molecule has 0 aliphatic rings. The number of hydrogen-bond donors (Lipinski definition) is 1. The number of aromatic nitrogens is 3. The average molecular weight is 395 g/mol. The third-order valence-electron chi connectivity index (χ3n) is 4.35. The first kappa shape index (κ1) is 18.1. The van der Waals surface area contributed by atoms with Crippen LogP contribution < -0.4 is 5.32 Å². The number of hydrogen-bond acceptors (Lipinski definition) is 3. The molecule has 140 valence electrons. The van der Waals surface area contributed by atoms with Gasteiger partial charge in [0.25, 0.3) is 5.91 Å². The Balaban J connectivity index is 1.65. The lowest BCUT2D eigenvalue weighted by Gasteiger charge is -2.05.